The van der Waals surface area contributed by atoms with Crippen molar-refractivity contribution in [1.82, 2.24) is 15.1 Å². The van der Waals surface area contributed by atoms with Gasteiger partial charge in [0.15, 0.2) is 0 Å². The van der Waals surface area contributed by atoms with E-state index in [-0.39, 0.29) is 0 Å². The van der Waals surface area contributed by atoms with Gasteiger partial charge in [0, 0.05) is 39.1 Å². The molecular formula is C15H29N3O. The molecular weight excluding hydrogens is 238 g/mol. The van der Waals surface area contributed by atoms with Crippen LogP contribution in [-0.4, -0.2) is 61.5 Å². The zero-order valence-electron chi connectivity index (χ0n) is 12.4. The van der Waals surface area contributed by atoms with Gasteiger partial charge in [-0.3, -0.25) is 9.69 Å². The Labute approximate surface area is 117 Å². The van der Waals surface area contributed by atoms with Crippen LogP contribution in [0.2, 0.25) is 0 Å². The van der Waals surface area contributed by atoms with Gasteiger partial charge in [-0.25, -0.2) is 0 Å². The lowest BCUT2D eigenvalue weighted by Gasteiger charge is -2.37. The van der Waals surface area contributed by atoms with Crippen molar-refractivity contribution in [1.29, 1.82) is 0 Å². The minimum atomic E-state index is 0.364. The number of unbranched alkanes of at least 4 members (excludes halogenated alkanes) is 1. The number of carbonyl (C=O) groups is 1. The first-order valence-electron chi connectivity index (χ1n) is 8.00. The lowest BCUT2D eigenvalue weighted by atomic mass is 9.97. The molecule has 1 amide bonds. The fourth-order valence-electron chi connectivity index (χ4n) is 3.10. The smallest absolute Gasteiger partial charge is 0.222 e. The summed E-state index contributed by atoms with van der Waals surface area (Å²) in [6, 6.07) is 0. The third-order valence-electron chi connectivity index (χ3n) is 4.44. The number of nitrogens with one attached hydrogen (secondary N) is 1. The van der Waals surface area contributed by atoms with Crippen molar-refractivity contribution >= 4 is 5.91 Å². The van der Waals surface area contributed by atoms with Crippen LogP contribution in [0.4, 0.5) is 0 Å². The fourth-order valence-corrected chi connectivity index (χ4v) is 3.10. The molecule has 0 spiro atoms. The van der Waals surface area contributed by atoms with E-state index in [1.165, 1.54) is 32.5 Å². The first-order chi connectivity index (χ1) is 9.29. The van der Waals surface area contributed by atoms with Gasteiger partial charge in [0.25, 0.3) is 0 Å². The topological polar surface area (TPSA) is 35.6 Å². The third-order valence-corrected chi connectivity index (χ3v) is 4.44. The Morgan fingerprint density at radius 1 is 1.16 bits per heavy atom. The lowest BCUT2D eigenvalue weighted by Crippen LogP contribution is -2.50. The summed E-state index contributed by atoms with van der Waals surface area (Å²) in [4.78, 5) is 16.6. The third kappa shape index (κ3) is 4.77. The van der Waals surface area contributed by atoms with Gasteiger partial charge in [-0.15, -0.1) is 0 Å². The average Bonchev–Trinajstić information content (AvgIpc) is 2.46. The van der Waals surface area contributed by atoms with E-state index in [1.807, 2.05) is 0 Å². The molecule has 2 aliphatic rings. The Bertz CT molecular complexity index is 269. The SMILES string of the molecule is CCCCC(=O)N1CCN(CC2CCNCC2)CC1. The van der Waals surface area contributed by atoms with Gasteiger partial charge in [-0.05, 0) is 38.3 Å². The summed E-state index contributed by atoms with van der Waals surface area (Å²) in [7, 11) is 0. The van der Waals surface area contributed by atoms with E-state index in [0.29, 0.717) is 5.91 Å². The first-order valence-corrected chi connectivity index (χ1v) is 8.00. The van der Waals surface area contributed by atoms with Gasteiger partial charge < -0.3 is 10.2 Å². The van der Waals surface area contributed by atoms with Crippen LogP contribution >= 0.6 is 0 Å². The van der Waals surface area contributed by atoms with Gasteiger partial charge in [-0.2, -0.15) is 0 Å². The maximum atomic E-state index is 12.0. The van der Waals surface area contributed by atoms with E-state index in [2.05, 4.69) is 22.0 Å². The average molecular weight is 267 g/mol. The van der Waals surface area contributed by atoms with Crippen LogP contribution in [0.5, 0.6) is 0 Å². The molecule has 2 saturated heterocycles. The molecule has 2 rings (SSSR count). The highest BCUT2D eigenvalue weighted by atomic mass is 16.2. The Morgan fingerprint density at radius 2 is 1.84 bits per heavy atom. The van der Waals surface area contributed by atoms with Crippen LogP contribution in [0, 0.1) is 5.92 Å². The standard InChI is InChI=1S/C15H29N3O/c1-2-3-4-15(19)18-11-9-17(10-12-18)13-14-5-7-16-8-6-14/h14,16H,2-13H2,1H3. The first kappa shape index (κ1) is 14.8. The molecule has 0 atom stereocenters. The van der Waals surface area contributed by atoms with Crippen LogP contribution in [-0.2, 0) is 4.79 Å². The van der Waals surface area contributed by atoms with Crippen molar-refractivity contribution in [3.63, 3.8) is 0 Å². The predicted molar refractivity (Wildman–Crippen MR) is 78.1 cm³/mol. The van der Waals surface area contributed by atoms with E-state index in [1.54, 1.807) is 0 Å². The van der Waals surface area contributed by atoms with Crippen molar-refractivity contribution < 1.29 is 4.79 Å². The molecule has 1 N–H and O–H groups in total. The minimum Gasteiger partial charge on any atom is -0.340 e. The van der Waals surface area contributed by atoms with Crippen molar-refractivity contribution in [3.8, 4) is 0 Å². The highest BCUT2D eigenvalue weighted by Gasteiger charge is 2.23. The van der Waals surface area contributed by atoms with Gasteiger partial charge in [0.2, 0.25) is 5.91 Å². The van der Waals surface area contributed by atoms with Gasteiger partial charge in [-0.1, -0.05) is 13.3 Å². The number of hydrogen-bond donors (Lipinski definition) is 1. The maximum absolute atomic E-state index is 12.0. The molecule has 0 aromatic heterocycles. The lowest BCUT2D eigenvalue weighted by molar-refractivity contribution is -0.133. The molecule has 0 aromatic carbocycles. The minimum absolute atomic E-state index is 0.364. The number of nitrogens with zero attached hydrogens (tertiary/aromatic N) is 2. The number of carbonyl (C=O) groups excluding carboxylic acids is 1. The molecule has 110 valence electrons. The molecule has 0 unspecified atom stereocenters. The monoisotopic (exact) mass is 267 g/mol. The van der Waals surface area contributed by atoms with Crippen molar-refractivity contribution in [3.05, 3.63) is 0 Å². The Balaban J connectivity index is 1.65. The fraction of sp³-hybridized carbons (Fsp3) is 0.933. The molecule has 4 nitrogen and oxygen atoms in total. The largest absolute Gasteiger partial charge is 0.340 e. The highest BCUT2D eigenvalue weighted by Crippen LogP contribution is 2.15. The second-order valence-electron chi connectivity index (χ2n) is 5.98. The number of amides is 1. The Kier molecular flexibility index (Phi) is 6.11. The summed E-state index contributed by atoms with van der Waals surface area (Å²) in [6.45, 7) is 9.76. The molecule has 2 fully saturated rings. The maximum Gasteiger partial charge on any atom is 0.222 e. The zero-order chi connectivity index (χ0) is 13.5. The Hall–Kier alpha value is -0.610. The number of piperidine rings is 1. The van der Waals surface area contributed by atoms with E-state index in [4.69, 9.17) is 0 Å². The van der Waals surface area contributed by atoms with Gasteiger partial charge in [0.05, 0.1) is 0 Å². The summed E-state index contributed by atoms with van der Waals surface area (Å²) in [5.74, 6) is 1.23. The van der Waals surface area contributed by atoms with Crippen LogP contribution in [0.1, 0.15) is 39.0 Å². The van der Waals surface area contributed by atoms with E-state index >= 15 is 0 Å². The summed E-state index contributed by atoms with van der Waals surface area (Å²) < 4.78 is 0. The van der Waals surface area contributed by atoms with E-state index < -0.39 is 0 Å². The molecule has 0 aromatic rings. The molecule has 0 aliphatic carbocycles. The van der Waals surface area contributed by atoms with Crippen molar-refractivity contribution in [2.24, 2.45) is 5.92 Å². The number of rotatable bonds is 5. The second-order valence-corrected chi connectivity index (χ2v) is 5.98. The molecule has 4 heteroatoms. The Morgan fingerprint density at radius 3 is 2.47 bits per heavy atom. The van der Waals surface area contributed by atoms with Crippen LogP contribution in [0.25, 0.3) is 0 Å². The molecule has 0 radical (unpaired) electrons. The van der Waals surface area contributed by atoms with Crippen LogP contribution in [0.3, 0.4) is 0 Å². The van der Waals surface area contributed by atoms with E-state index in [0.717, 1.165) is 51.4 Å². The number of piperazine rings is 1. The molecule has 0 saturated carbocycles. The second kappa shape index (κ2) is 7.85. The molecule has 0 bridgehead atoms. The zero-order valence-corrected chi connectivity index (χ0v) is 12.4. The van der Waals surface area contributed by atoms with Crippen LogP contribution < -0.4 is 5.32 Å². The quantitative estimate of drug-likeness (QED) is 0.816. The van der Waals surface area contributed by atoms with Gasteiger partial charge >= 0.3 is 0 Å². The van der Waals surface area contributed by atoms with Crippen LogP contribution in [0.15, 0.2) is 0 Å². The summed E-state index contributed by atoms with van der Waals surface area (Å²) >= 11 is 0. The van der Waals surface area contributed by atoms with Crippen molar-refractivity contribution in [2.75, 3.05) is 45.8 Å². The summed E-state index contributed by atoms with van der Waals surface area (Å²) in [5.41, 5.74) is 0. The van der Waals surface area contributed by atoms with Crippen molar-refractivity contribution in [2.45, 2.75) is 39.0 Å². The predicted octanol–water partition coefficient (Wildman–Crippen LogP) is 1.32. The van der Waals surface area contributed by atoms with E-state index in [9.17, 15) is 4.79 Å². The normalized spacial score (nSPS) is 22.7. The van der Waals surface area contributed by atoms with Gasteiger partial charge in [0.1, 0.15) is 0 Å². The highest BCUT2D eigenvalue weighted by molar-refractivity contribution is 5.76. The summed E-state index contributed by atoms with van der Waals surface area (Å²) in [5, 5.41) is 3.42. The molecule has 2 heterocycles. The molecule has 19 heavy (non-hydrogen) atoms. The molecule has 2 aliphatic heterocycles. The number of hydrogen-bond acceptors (Lipinski definition) is 3. The summed E-state index contributed by atoms with van der Waals surface area (Å²) in [6.07, 6.45) is 5.52.